The van der Waals surface area contributed by atoms with E-state index >= 15 is 0 Å². The Labute approximate surface area is 195 Å². The van der Waals surface area contributed by atoms with Crippen LogP contribution in [0.1, 0.15) is 11.6 Å². The lowest BCUT2D eigenvalue weighted by atomic mass is 9.90. The van der Waals surface area contributed by atoms with E-state index in [0.717, 1.165) is 22.0 Å². The van der Waals surface area contributed by atoms with Crippen molar-refractivity contribution in [1.29, 1.82) is 0 Å². The Kier molecular flexibility index (Phi) is 4.68. The van der Waals surface area contributed by atoms with Crippen LogP contribution in [0.25, 0.3) is 10.8 Å². The summed E-state index contributed by atoms with van der Waals surface area (Å²) in [6.45, 7) is 0. The number of fused-ring (bicyclic) bond motifs is 2. The number of hydrogen-bond acceptors (Lipinski definition) is 4. The first-order valence-electron chi connectivity index (χ1n) is 10.8. The Bertz CT molecular complexity index is 1370. The van der Waals surface area contributed by atoms with Crippen molar-refractivity contribution in [1.82, 2.24) is 0 Å². The van der Waals surface area contributed by atoms with Gasteiger partial charge in [0.2, 0.25) is 5.91 Å². The maximum atomic E-state index is 13.8. The number of rotatable bonds is 3. The van der Waals surface area contributed by atoms with Gasteiger partial charge < -0.3 is 0 Å². The third kappa shape index (κ3) is 3.12. The highest BCUT2D eigenvalue weighted by atomic mass is 35.5. The van der Waals surface area contributed by atoms with E-state index in [2.05, 4.69) is 0 Å². The Morgan fingerprint density at radius 2 is 1.42 bits per heavy atom. The third-order valence-corrected chi connectivity index (χ3v) is 6.60. The van der Waals surface area contributed by atoms with E-state index in [9.17, 15) is 9.59 Å². The van der Waals surface area contributed by atoms with Gasteiger partial charge in [-0.05, 0) is 41.3 Å². The first-order chi connectivity index (χ1) is 16.1. The van der Waals surface area contributed by atoms with Crippen LogP contribution in [0.2, 0.25) is 5.02 Å². The molecule has 0 unspecified atom stereocenters. The molecule has 2 aliphatic heterocycles. The van der Waals surface area contributed by atoms with Crippen molar-refractivity contribution in [3.8, 4) is 0 Å². The standard InChI is InChI=1S/C27H19ClN2O3/c28-19-15-13-18(14-16-19)24-23-25(33-30(24)20-9-2-1-3-10-20)27(32)29(26(23)31)22-12-6-8-17-7-4-5-11-21(17)22/h1-16,23-25H/t23-,24-,25+/m0/s1. The van der Waals surface area contributed by atoms with Crippen molar-refractivity contribution < 1.29 is 14.4 Å². The second kappa shape index (κ2) is 7.73. The zero-order valence-electron chi connectivity index (χ0n) is 17.5. The van der Waals surface area contributed by atoms with Gasteiger partial charge in [0.25, 0.3) is 5.91 Å². The molecule has 162 valence electrons. The van der Waals surface area contributed by atoms with E-state index in [-0.39, 0.29) is 11.8 Å². The highest BCUT2D eigenvalue weighted by Crippen LogP contribution is 2.48. The summed E-state index contributed by atoms with van der Waals surface area (Å²) in [5.74, 6) is -1.30. The predicted octanol–water partition coefficient (Wildman–Crippen LogP) is 5.54. The second-order valence-electron chi connectivity index (χ2n) is 8.22. The van der Waals surface area contributed by atoms with Gasteiger partial charge in [0.05, 0.1) is 17.4 Å². The quantitative estimate of drug-likeness (QED) is 0.381. The maximum absolute atomic E-state index is 13.8. The molecule has 0 aromatic heterocycles. The van der Waals surface area contributed by atoms with E-state index in [1.807, 2.05) is 84.9 Å². The van der Waals surface area contributed by atoms with E-state index in [0.29, 0.717) is 10.7 Å². The van der Waals surface area contributed by atoms with Gasteiger partial charge in [0.15, 0.2) is 6.10 Å². The summed E-state index contributed by atoms with van der Waals surface area (Å²) in [4.78, 5) is 34.9. The molecule has 4 aromatic carbocycles. The van der Waals surface area contributed by atoms with Gasteiger partial charge in [-0.3, -0.25) is 14.4 Å². The lowest BCUT2D eigenvalue weighted by molar-refractivity contribution is -0.126. The highest BCUT2D eigenvalue weighted by molar-refractivity contribution is 6.30. The minimum absolute atomic E-state index is 0.264. The molecule has 4 aromatic rings. The maximum Gasteiger partial charge on any atom is 0.266 e. The molecule has 0 spiro atoms. The molecule has 6 heteroatoms. The van der Waals surface area contributed by atoms with Crippen molar-refractivity contribution in [2.24, 2.45) is 5.92 Å². The van der Waals surface area contributed by atoms with Gasteiger partial charge in [-0.25, -0.2) is 9.96 Å². The van der Waals surface area contributed by atoms with Gasteiger partial charge in [-0.2, -0.15) is 0 Å². The summed E-state index contributed by atoms with van der Waals surface area (Å²) in [6, 6.07) is 29.8. The molecule has 5 nitrogen and oxygen atoms in total. The molecule has 2 saturated heterocycles. The minimum Gasteiger partial charge on any atom is -0.273 e. The highest BCUT2D eigenvalue weighted by Gasteiger charge is 2.60. The molecule has 2 heterocycles. The van der Waals surface area contributed by atoms with Crippen LogP contribution in [0, 0.1) is 5.92 Å². The molecular weight excluding hydrogens is 436 g/mol. The fourth-order valence-corrected chi connectivity index (χ4v) is 4.98. The summed E-state index contributed by atoms with van der Waals surface area (Å²) in [6.07, 6.45) is -0.905. The van der Waals surface area contributed by atoms with Crippen LogP contribution in [0.5, 0.6) is 0 Å². The van der Waals surface area contributed by atoms with Crippen LogP contribution < -0.4 is 9.96 Å². The summed E-state index contributed by atoms with van der Waals surface area (Å²) in [5, 5.41) is 4.11. The zero-order chi connectivity index (χ0) is 22.5. The molecule has 3 atom stereocenters. The Morgan fingerprint density at radius 3 is 2.21 bits per heavy atom. The number of carbonyl (C=O) groups excluding carboxylic acids is 2. The molecule has 2 aliphatic rings. The molecular formula is C27H19ClN2O3. The van der Waals surface area contributed by atoms with Crippen molar-refractivity contribution >= 4 is 45.6 Å². The number of amides is 2. The van der Waals surface area contributed by atoms with Gasteiger partial charge in [0, 0.05) is 10.4 Å². The molecule has 6 rings (SSSR count). The van der Waals surface area contributed by atoms with Gasteiger partial charge in [-0.1, -0.05) is 78.3 Å². The van der Waals surface area contributed by atoms with Crippen LogP contribution in [-0.4, -0.2) is 17.9 Å². The molecule has 0 bridgehead atoms. The van der Waals surface area contributed by atoms with E-state index < -0.39 is 18.1 Å². The summed E-state index contributed by atoms with van der Waals surface area (Å²) in [7, 11) is 0. The lowest BCUT2D eigenvalue weighted by Crippen LogP contribution is -2.37. The molecule has 2 amide bonds. The normalized spacial score (nSPS) is 22.3. The van der Waals surface area contributed by atoms with E-state index in [4.69, 9.17) is 16.4 Å². The lowest BCUT2D eigenvalue weighted by Gasteiger charge is -2.29. The molecule has 0 aliphatic carbocycles. The third-order valence-electron chi connectivity index (χ3n) is 6.35. The fourth-order valence-electron chi connectivity index (χ4n) is 4.85. The van der Waals surface area contributed by atoms with E-state index in [1.54, 1.807) is 17.2 Å². The number of carbonyl (C=O) groups is 2. The number of benzene rings is 4. The van der Waals surface area contributed by atoms with Crippen LogP contribution in [0.4, 0.5) is 11.4 Å². The summed E-state index contributed by atoms with van der Waals surface area (Å²) < 4.78 is 0. The number of imide groups is 1. The van der Waals surface area contributed by atoms with Crippen molar-refractivity contribution in [2.75, 3.05) is 9.96 Å². The van der Waals surface area contributed by atoms with Crippen LogP contribution in [0.15, 0.2) is 97.1 Å². The number of hydrogen-bond donors (Lipinski definition) is 0. The van der Waals surface area contributed by atoms with Crippen LogP contribution in [-0.2, 0) is 14.4 Å². The number of para-hydroxylation sites is 1. The average molecular weight is 455 g/mol. The number of hydroxylamine groups is 1. The average Bonchev–Trinajstić information content (AvgIpc) is 3.36. The Morgan fingerprint density at radius 1 is 0.727 bits per heavy atom. The molecule has 0 N–H and O–H groups in total. The predicted molar refractivity (Wildman–Crippen MR) is 128 cm³/mol. The second-order valence-corrected chi connectivity index (χ2v) is 8.66. The van der Waals surface area contributed by atoms with Crippen molar-refractivity contribution in [3.63, 3.8) is 0 Å². The number of nitrogens with zero attached hydrogens (tertiary/aromatic N) is 2. The minimum atomic E-state index is -0.905. The SMILES string of the molecule is O=C1[C@@H]2[C@@H](ON(c3ccccc3)[C@H]2c2ccc(Cl)cc2)C(=O)N1c1cccc2ccccc12. The van der Waals surface area contributed by atoms with Gasteiger partial charge >= 0.3 is 0 Å². The molecule has 0 saturated carbocycles. The monoisotopic (exact) mass is 454 g/mol. The van der Waals surface area contributed by atoms with Crippen LogP contribution >= 0.6 is 11.6 Å². The van der Waals surface area contributed by atoms with Crippen molar-refractivity contribution in [2.45, 2.75) is 12.1 Å². The number of halogens is 1. The summed E-state index contributed by atoms with van der Waals surface area (Å²) in [5.41, 5.74) is 2.23. The molecule has 33 heavy (non-hydrogen) atoms. The molecule has 0 radical (unpaired) electrons. The number of anilines is 2. The van der Waals surface area contributed by atoms with Crippen LogP contribution in [0.3, 0.4) is 0 Å². The Balaban J connectivity index is 1.46. The fraction of sp³-hybridized carbons (Fsp3) is 0.111. The van der Waals surface area contributed by atoms with Gasteiger partial charge in [-0.15, -0.1) is 0 Å². The summed E-state index contributed by atoms with van der Waals surface area (Å²) >= 11 is 6.12. The topological polar surface area (TPSA) is 49.9 Å². The zero-order valence-corrected chi connectivity index (χ0v) is 18.2. The Hall–Kier alpha value is -3.67. The smallest absolute Gasteiger partial charge is 0.266 e. The largest absolute Gasteiger partial charge is 0.273 e. The molecule has 2 fully saturated rings. The first-order valence-corrected chi connectivity index (χ1v) is 11.1. The van der Waals surface area contributed by atoms with E-state index in [1.165, 1.54) is 4.90 Å². The van der Waals surface area contributed by atoms with Crippen molar-refractivity contribution in [3.05, 3.63) is 108 Å². The first kappa shape index (κ1) is 20.0. The van der Waals surface area contributed by atoms with Gasteiger partial charge in [0.1, 0.15) is 5.92 Å².